The first-order chi connectivity index (χ1) is 19.8. The minimum Gasteiger partial charge on any atom is -0.492 e. The first-order valence-electron chi connectivity index (χ1n) is 15.8. The molecule has 9 nitrogen and oxygen atoms in total. The lowest BCUT2D eigenvalue weighted by Gasteiger charge is -2.53. The number of hydrogen-bond donors (Lipinski definition) is 3. The molecule has 1 aromatic rings. The third-order valence-corrected chi connectivity index (χ3v) is 9.94. The fraction of sp³-hybridized carbons (Fsp3) is 0.719. The first kappa shape index (κ1) is 29.8. The van der Waals surface area contributed by atoms with E-state index in [1.807, 2.05) is 17.0 Å². The molecule has 1 aromatic carbocycles. The molecule has 0 bridgehead atoms. The maximum absolute atomic E-state index is 13.9. The van der Waals surface area contributed by atoms with Gasteiger partial charge in [-0.2, -0.15) is 0 Å². The van der Waals surface area contributed by atoms with Crippen molar-refractivity contribution in [3.8, 4) is 5.75 Å². The zero-order valence-corrected chi connectivity index (χ0v) is 24.8. The Labute approximate surface area is 244 Å². The highest BCUT2D eigenvalue weighted by atomic mass is 16.5. The number of hydrogen-bond acceptors (Lipinski definition) is 6. The quantitative estimate of drug-likeness (QED) is 0.378. The standard InChI is InChI=1S/C32H48N4O5/c1-3-4-18-36-29(38)26(21-31(40)14-6-5-7-15-31)34-30(39)32(36)16-19-35(20-17-32)27(23-8-9-23)22-41-25-12-10-24(11-13-25)28(37)33-2/h10-13,23,26-27,40H,3-9,14-22H2,1-2H3,(H,33,37)(H,34,39)/t26-,27?/m1/s1. The van der Waals surface area contributed by atoms with E-state index >= 15 is 0 Å². The Bertz CT molecular complexity index is 1070. The summed E-state index contributed by atoms with van der Waals surface area (Å²) in [5.41, 5.74) is -1.09. The second-order valence-corrected chi connectivity index (χ2v) is 12.7. The number of likely N-dealkylation sites (tertiary alicyclic amines) is 1. The summed E-state index contributed by atoms with van der Waals surface area (Å²) in [6, 6.07) is 6.83. The number of carbonyl (C=O) groups is 3. The van der Waals surface area contributed by atoms with E-state index in [2.05, 4.69) is 22.5 Å². The van der Waals surface area contributed by atoms with E-state index in [-0.39, 0.29) is 23.8 Å². The summed E-state index contributed by atoms with van der Waals surface area (Å²) in [6.45, 7) is 4.72. The van der Waals surface area contributed by atoms with Crippen LogP contribution < -0.4 is 15.4 Å². The van der Waals surface area contributed by atoms with E-state index in [1.54, 1.807) is 19.2 Å². The van der Waals surface area contributed by atoms with Gasteiger partial charge in [-0.1, -0.05) is 32.6 Å². The molecule has 226 valence electrons. The Hall–Kier alpha value is -2.65. The average molecular weight is 569 g/mol. The van der Waals surface area contributed by atoms with Gasteiger partial charge in [-0.05, 0) is 75.1 Å². The Balaban J connectivity index is 1.24. The van der Waals surface area contributed by atoms with Crippen LogP contribution in [0.3, 0.4) is 0 Å². The number of piperazine rings is 1. The number of aliphatic hydroxyl groups is 1. The van der Waals surface area contributed by atoms with Gasteiger partial charge in [0.05, 0.1) is 5.60 Å². The van der Waals surface area contributed by atoms with Gasteiger partial charge in [-0.3, -0.25) is 19.3 Å². The van der Waals surface area contributed by atoms with Crippen molar-refractivity contribution < 1.29 is 24.2 Å². The molecule has 4 fully saturated rings. The molecule has 3 N–H and O–H groups in total. The van der Waals surface area contributed by atoms with Gasteiger partial charge in [0.1, 0.15) is 23.9 Å². The van der Waals surface area contributed by atoms with Gasteiger partial charge < -0.3 is 25.4 Å². The number of carbonyl (C=O) groups excluding carboxylic acids is 3. The second-order valence-electron chi connectivity index (χ2n) is 12.7. The van der Waals surface area contributed by atoms with E-state index in [1.165, 1.54) is 12.8 Å². The van der Waals surface area contributed by atoms with Crippen LogP contribution >= 0.6 is 0 Å². The van der Waals surface area contributed by atoms with Crippen LogP contribution in [0.1, 0.15) is 94.3 Å². The molecule has 3 amide bonds. The molecule has 41 heavy (non-hydrogen) atoms. The molecule has 2 heterocycles. The molecule has 2 saturated carbocycles. The molecule has 0 radical (unpaired) electrons. The highest BCUT2D eigenvalue weighted by Gasteiger charge is 2.55. The molecule has 4 aliphatic rings. The Morgan fingerprint density at radius 2 is 1.78 bits per heavy atom. The van der Waals surface area contributed by atoms with Crippen molar-refractivity contribution in [3.63, 3.8) is 0 Å². The molecule has 2 atom stereocenters. The van der Waals surface area contributed by atoms with Crippen molar-refractivity contribution >= 4 is 17.7 Å². The number of piperidine rings is 1. The summed E-state index contributed by atoms with van der Waals surface area (Å²) in [4.78, 5) is 43.9. The molecule has 2 aliphatic carbocycles. The van der Waals surface area contributed by atoms with Gasteiger partial charge in [-0.15, -0.1) is 0 Å². The minimum atomic E-state index is -0.865. The van der Waals surface area contributed by atoms with Crippen LogP contribution in [0.4, 0.5) is 0 Å². The largest absolute Gasteiger partial charge is 0.492 e. The first-order valence-corrected chi connectivity index (χ1v) is 15.8. The summed E-state index contributed by atoms with van der Waals surface area (Å²) in [6.07, 6.45) is 10.1. The van der Waals surface area contributed by atoms with E-state index < -0.39 is 17.2 Å². The fourth-order valence-corrected chi connectivity index (χ4v) is 7.22. The number of amides is 3. The Kier molecular flexibility index (Phi) is 9.24. The van der Waals surface area contributed by atoms with E-state index in [9.17, 15) is 19.5 Å². The highest BCUT2D eigenvalue weighted by molar-refractivity contribution is 6.00. The maximum atomic E-state index is 13.9. The summed E-state index contributed by atoms with van der Waals surface area (Å²) >= 11 is 0. The fourth-order valence-electron chi connectivity index (χ4n) is 7.22. The lowest BCUT2D eigenvalue weighted by molar-refractivity contribution is -0.164. The third kappa shape index (κ3) is 6.56. The van der Waals surface area contributed by atoms with Crippen molar-refractivity contribution in [3.05, 3.63) is 29.8 Å². The Morgan fingerprint density at radius 1 is 1.10 bits per heavy atom. The van der Waals surface area contributed by atoms with Gasteiger partial charge in [0.15, 0.2) is 0 Å². The monoisotopic (exact) mass is 568 g/mol. The summed E-state index contributed by atoms with van der Waals surface area (Å²) in [5.74, 6) is 1.13. The van der Waals surface area contributed by atoms with Gasteiger partial charge >= 0.3 is 0 Å². The van der Waals surface area contributed by atoms with Gasteiger partial charge in [-0.25, -0.2) is 0 Å². The van der Waals surface area contributed by atoms with Crippen LogP contribution in [0.15, 0.2) is 24.3 Å². The van der Waals surface area contributed by atoms with Gasteiger partial charge in [0.25, 0.3) is 5.91 Å². The summed E-state index contributed by atoms with van der Waals surface area (Å²) in [7, 11) is 1.62. The molecular weight excluding hydrogens is 520 g/mol. The number of nitrogens with one attached hydrogen (secondary N) is 2. The van der Waals surface area contributed by atoms with Crippen molar-refractivity contribution in [2.75, 3.05) is 33.3 Å². The smallest absolute Gasteiger partial charge is 0.251 e. The SMILES string of the molecule is CCCCN1C(=O)[C@@H](CC2(O)CCCCC2)NC(=O)C12CCN(C(COc1ccc(C(=O)NC)cc1)C1CC1)CC2. The maximum Gasteiger partial charge on any atom is 0.251 e. The van der Waals surface area contributed by atoms with Crippen LogP contribution in [-0.2, 0) is 9.59 Å². The van der Waals surface area contributed by atoms with Crippen LogP contribution in [-0.4, -0.2) is 89.1 Å². The molecule has 2 aliphatic heterocycles. The van der Waals surface area contributed by atoms with E-state index in [4.69, 9.17) is 4.74 Å². The average Bonchev–Trinajstić information content (AvgIpc) is 3.82. The predicted octanol–water partition coefficient (Wildman–Crippen LogP) is 3.25. The third-order valence-electron chi connectivity index (χ3n) is 9.94. The molecule has 2 saturated heterocycles. The van der Waals surface area contributed by atoms with Crippen LogP contribution in [0.2, 0.25) is 0 Å². The van der Waals surface area contributed by atoms with Crippen molar-refractivity contribution in [2.45, 2.75) is 107 Å². The number of benzene rings is 1. The van der Waals surface area contributed by atoms with Gasteiger partial charge in [0.2, 0.25) is 11.8 Å². The van der Waals surface area contributed by atoms with E-state index in [0.717, 1.165) is 50.9 Å². The molecule has 0 aromatic heterocycles. The van der Waals surface area contributed by atoms with E-state index in [0.29, 0.717) is 56.7 Å². The topological polar surface area (TPSA) is 111 Å². The highest BCUT2D eigenvalue weighted by Crippen LogP contribution is 2.41. The van der Waals surface area contributed by atoms with Crippen LogP contribution in [0, 0.1) is 5.92 Å². The molecule has 1 unspecified atom stereocenters. The number of unbranched alkanes of at least 4 members (excludes halogenated alkanes) is 1. The lowest BCUT2D eigenvalue weighted by atomic mass is 9.77. The second kappa shape index (κ2) is 12.7. The van der Waals surface area contributed by atoms with Crippen molar-refractivity contribution in [2.24, 2.45) is 5.92 Å². The zero-order chi connectivity index (χ0) is 29.0. The van der Waals surface area contributed by atoms with Crippen molar-refractivity contribution in [1.29, 1.82) is 0 Å². The lowest BCUT2D eigenvalue weighted by Crippen LogP contribution is -2.73. The molecule has 9 heteroatoms. The van der Waals surface area contributed by atoms with Crippen LogP contribution in [0.25, 0.3) is 0 Å². The zero-order valence-electron chi connectivity index (χ0n) is 24.8. The normalized spacial score (nSPS) is 25.0. The van der Waals surface area contributed by atoms with Crippen LogP contribution in [0.5, 0.6) is 5.75 Å². The summed E-state index contributed by atoms with van der Waals surface area (Å²) in [5, 5.41) is 16.9. The summed E-state index contributed by atoms with van der Waals surface area (Å²) < 4.78 is 6.20. The predicted molar refractivity (Wildman–Crippen MR) is 157 cm³/mol. The minimum absolute atomic E-state index is 0.0206. The number of rotatable bonds is 11. The Morgan fingerprint density at radius 3 is 2.39 bits per heavy atom. The number of nitrogens with zero attached hydrogens (tertiary/aromatic N) is 2. The van der Waals surface area contributed by atoms with Crippen molar-refractivity contribution in [1.82, 2.24) is 20.4 Å². The molecule has 5 rings (SSSR count). The molecular formula is C32H48N4O5. The molecule has 1 spiro atoms. The van der Waals surface area contributed by atoms with Gasteiger partial charge in [0, 0.05) is 44.7 Å². The number of ether oxygens (including phenoxy) is 1.